The zero-order chi connectivity index (χ0) is 15.9. The fourth-order valence-electron chi connectivity index (χ4n) is 3.92. The van der Waals surface area contributed by atoms with Gasteiger partial charge in [-0.2, -0.15) is 0 Å². The monoisotopic (exact) mass is 303 g/mol. The minimum absolute atomic E-state index is 0.0649. The Hall–Kier alpha value is -1.62. The molecule has 3 heterocycles. The lowest BCUT2D eigenvalue weighted by Gasteiger charge is -2.43. The highest BCUT2D eigenvalue weighted by Gasteiger charge is 2.37. The third-order valence-corrected chi connectivity index (χ3v) is 4.83. The average Bonchev–Trinajstić information content (AvgIpc) is 2.46. The van der Waals surface area contributed by atoms with Crippen LogP contribution in [0.2, 0.25) is 0 Å². The van der Waals surface area contributed by atoms with E-state index in [2.05, 4.69) is 13.8 Å². The van der Waals surface area contributed by atoms with Crippen LogP contribution in [0.3, 0.4) is 0 Å². The number of rotatable bonds is 3. The molecule has 120 valence electrons. The first-order valence-corrected chi connectivity index (χ1v) is 8.19. The van der Waals surface area contributed by atoms with Crippen LogP contribution in [-0.4, -0.2) is 34.5 Å². The number of amides is 1. The molecule has 2 N–H and O–H groups in total. The predicted molar refractivity (Wildman–Crippen MR) is 85.6 cm³/mol. The van der Waals surface area contributed by atoms with E-state index in [4.69, 9.17) is 5.73 Å². The Bertz CT molecular complexity index is 623. The second-order valence-corrected chi connectivity index (χ2v) is 7.18. The van der Waals surface area contributed by atoms with Gasteiger partial charge in [0.15, 0.2) is 0 Å². The Morgan fingerprint density at radius 3 is 2.82 bits per heavy atom. The SMILES string of the molecule is CC(C)C[C@@H](N)C(=O)N1CC2C[C@@H](C1)Cn1c2cccc1=O. The van der Waals surface area contributed by atoms with Gasteiger partial charge in [-0.15, -0.1) is 0 Å². The molecule has 0 radical (unpaired) electrons. The van der Waals surface area contributed by atoms with Crippen molar-refractivity contribution in [1.82, 2.24) is 9.47 Å². The molecule has 1 aromatic rings. The summed E-state index contributed by atoms with van der Waals surface area (Å²) >= 11 is 0. The van der Waals surface area contributed by atoms with Gasteiger partial charge in [0.25, 0.3) is 5.56 Å². The standard InChI is InChI=1S/C17H25N3O2/c1-11(2)6-14(18)17(22)19-8-12-7-13(10-19)15-4-3-5-16(21)20(15)9-12/h3-5,11-14H,6-10,18H2,1-2H3/t12-,13?,14+/m0/s1. The molecule has 3 atom stereocenters. The van der Waals surface area contributed by atoms with Gasteiger partial charge in [0.05, 0.1) is 6.04 Å². The number of nitrogens with two attached hydrogens (primary N) is 1. The molecule has 2 aliphatic rings. The fraction of sp³-hybridized carbons (Fsp3) is 0.647. The fourth-order valence-corrected chi connectivity index (χ4v) is 3.92. The van der Waals surface area contributed by atoms with Crippen molar-refractivity contribution in [2.45, 2.75) is 45.2 Å². The maximum Gasteiger partial charge on any atom is 0.250 e. The normalized spacial score (nSPS) is 25.0. The zero-order valence-electron chi connectivity index (χ0n) is 13.4. The number of piperidine rings is 1. The summed E-state index contributed by atoms with van der Waals surface area (Å²) in [4.78, 5) is 26.5. The Balaban J connectivity index is 1.79. The summed E-state index contributed by atoms with van der Waals surface area (Å²) in [5.74, 6) is 1.11. The van der Waals surface area contributed by atoms with E-state index >= 15 is 0 Å². The molecular formula is C17H25N3O2. The first kappa shape index (κ1) is 15.3. The highest BCUT2D eigenvalue weighted by Crippen LogP contribution is 2.35. The van der Waals surface area contributed by atoms with E-state index in [1.807, 2.05) is 21.6 Å². The molecule has 0 spiro atoms. The molecule has 1 aromatic heterocycles. The summed E-state index contributed by atoms with van der Waals surface area (Å²) in [6, 6.07) is 5.05. The molecule has 1 unspecified atom stereocenters. The third-order valence-electron chi connectivity index (χ3n) is 4.83. The molecule has 2 bridgehead atoms. The first-order chi connectivity index (χ1) is 10.5. The molecule has 1 amide bonds. The molecule has 22 heavy (non-hydrogen) atoms. The van der Waals surface area contributed by atoms with Crippen LogP contribution < -0.4 is 11.3 Å². The summed E-state index contributed by atoms with van der Waals surface area (Å²) < 4.78 is 1.88. The number of hydrogen-bond acceptors (Lipinski definition) is 3. The predicted octanol–water partition coefficient (Wildman–Crippen LogP) is 1.17. The van der Waals surface area contributed by atoms with E-state index < -0.39 is 6.04 Å². The second-order valence-electron chi connectivity index (χ2n) is 7.18. The number of likely N-dealkylation sites (tertiary alicyclic amines) is 1. The van der Waals surface area contributed by atoms with Crippen LogP contribution in [0.5, 0.6) is 0 Å². The Kier molecular flexibility index (Phi) is 4.08. The molecule has 1 saturated heterocycles. The number of carbonyl (C=O) groups is 1. The summed E-state index contributed by atoms with van der Waals surface area (Å²) in [7, 11) is 0. The van der Waals surface area contributed by atoms with Crippen LogP contribution in [0, 0.1) is 11.8 Å². The van der Waals surface area contributed by atoms with Gasteiger partial charge < -0.3 is 15.2 Å². The van der Waals surface area contributed by atoms with E-state index in [1.165, 1.54) is 0 Å². The third kappa shape index (κ3) is 2.82. The second kappa shape index (κ2) is 5.88. The van der Waals surface area contributed by atoms with Crippen molar-refractivity contribution in [2.75, 3.05) is 13.1 Å². The maximum atomic E-state index is 12.6. The van der Waals surface area contributed by atoms with Crippen LogP contribution in [0.1, 0.15) is 38.3 Å². The van der Waals surface area contributed by atoms with E-state index in [0.717, 1.165) is 25.1 Å². The number of hydrogen-bond donors (Lipinski definition) is 1. The van der Waals surface area contributed by atoms with E-state index in [-0.39, 0.29) is 17.4 Å². The van der Waals surface area contributed by atoms with E-state index in [0.29, 0.717) is 24.9 Å². The lowest BCUT2D eigenvalue weighted by Crippen LogP contribution is -2.53. The van der Waals surface area contributed by atoms with Crippen molar-refractivity contribution >= 4 is 5.91 Å². The lowest BCUT2D eigenvalue weighted by molar-refractivity contribution is -0.135. The van der Waals surface area contributed by atoms with E-state index in [1.54, 1.807) is 6.07 Å². The van der Waals surface area contributed by atoms with Crippen molar-refractivity contribution < 1.29 is 4.79 Å². The summed E-state index contributed by atoms with van der Waals surface area (Å²) in [6.07, 6.45) is 1.79. The van der Waals surface area contributed by atoms with Crippen molar-refractivity contribution in [2.24, 2.45) is 17.6 Å². The molecule has 0 saturated carbocycles. The largest absolute Gasteiger partial charge is 0.340 e. The van der Waals surface area contributed by atoms with Crippen LogP contribution in [-0.2, 0) is 11.3 Å². The molecule has 0 aromatic carbocycles. The minimum Gasteiger partial charge on any atom is -0.340 e. The maximum absolute atomic E-state index is 12.6. The van der Waals surface area contributed by atoms with Gasteiger partial charge in [-0.05, 0) is 30.7 Å². The van der Waals surface area contributed by atoms with Gasteiger partial charge in [0, 0.05) is 37.3 Å². The van der Waals surface area contributed by atoms with Crippen LogP contribution in [0.4, 0.5) is 0 Å². The topological polar surface area (TPSA) is 68.3 Å². The Morgan fingerprint density at radius 1 is 1.32 bits per heavy atom. The smallest absolute Gasteiger partial charge is 0.250 e. The van der Waals surface area contributed by atoms with Crippen molar-refractivity contribution in [1.29, 1.82) is 0 Å². The zero-order valence-corrected chi connectivity index (χ0v) is 13.4. The lowest BCUT2D eigenvalue weighted by atomic mass is 9.83. The number of fused-ring (bicyclic) bond motifs is 4. The number of nitrogens with zero attached hydrogens (tertiary/aromatic N) is 2. The Labute approximate surface area is 131 Å². The quantitative estimate of drug-likeness (QED) is 0.911. The van der Waals surface area contributed by atoms with Gasteiger partial charge in [0.1, 0.15) is 0 Å². The average molecular weight is 303 g/mol. The molecule has 3 rings (SSSR count). The van der Waals surface area contributed by atoms with Gasteiger partial charge in [-0.1, -0.05) is 19.9 Å². The summed E-state index contributed by atoms with van der Waals surface area (Å²) in [5, 5.41) is 0. The molecule has 0 aliphatic carbocycles. The van der Waals surface area contributed by atoms with Gasteiger partial charge in [-0.25, -0.2) is 0 Å². The van der Waals surface area contributed by atoms with Crippen molar-refractivity contribution in [3.8, 4) is 0 Å². The van der Waals surface area contributed by atoms with Crippen LogP contribution in [0.25, 0.3) is 0 Å². The summed E-state index contributed by atoms with van der Waals surface area (Å²) in [5.41, 5.74) is 7.21. The number of carbonyl (C=O) groups excluding carboxylic acids is 1. The minimum atomic E-state index is -0.406. The number of pyridine rings is 1. The Morgan fingerprint density at radius 2 is 2.09 bits per heavy atom. The van der Waals surface area contributed by atoms with Gasteiger partial charge in [0.2, 0.25) is 5.91 Å². The van der Waals surface area contributed by atoms with Crippen molar-refractivity contribution in [3.63, 3.8) is 0 Å². The van der Waals surface area contributed by atoms with E-state index in [9.17, 15) is 9.59 Å². The molecule has 1 fully saturated rings. The number of aromatic nitrogens is 1. The molecule has 5 nitrogen and oxygen atoms in total. The molecular weight excluding hydrogens is 278 g/mol. The van der Waals surface area contributed by atoms with Crippen molar-refractivity contribution in [3.05, 3.63) is 34.2 Å². The summed E-state index contributed by atoms with van der Waals surface area (Å²) in [6.45, 7) is 6.29. The van der Waals surface area contributed by atoms with Crippen LogP contribution in [0.15, 0.2) is 23.0 Å². The molecule has 5 heteroatoms. The van der Waals surface area contributed by atoms with Gasteiger partial charge in [-0.3, -0.25) is 9.59 Å². The first-order valence-electron chi connectivity index (χ1n) is 8.19. The molecule has 2 aliphatic heterocycles. The van der Waals surface area contributed by atoms with Gasteiger partial charge >= 0.3 is 0 Å². The highest BCUT2D eigenvalue weighted by atomic mass is 16.2. The highest BCUT2D eigenvalue weighted by molar-refractivity contribution is 5.81. The van der Waals surface area contributed by atoms with Crippen LogP contribution >= 0.6 is 0 Å².